The molecule has 1 aromatic heterocycles. The van der Waals surface area contributed by atoms with E-state index in [0.717, 1.165) is 11.3 Å². The summed E-state index contributed by atoms with van der Waals surface area (Å²) < 4.78 is 0. The first kappa shape index (κ1) is 16.0. The maximum absolute atomic E-state index is 12.1. The molecule has 1 heterocycles. The van der Waals surface area contributed by atoms with Crippen LogP contribution >= 0.6 is 11.6 Å². The monoisotopic (exact) mass is 338 g/mol. The zero-order valence-corrected chi connectivity index (χ0v) is 13.7. The van der Waals surface area contributed by atoms with Crippen molar-refractivity contribution < 1.29 is 4.79 Å². The van der Waals surface area contributed by atoms with Crippen LogP contribution in [-0.2, 0) is 0 Å². The fourth-order valence-electron chi connectivity index (χ4n) is 2.12. The second kappa shape index (κ2) is 7.10. The predicted molar refractivity (Wildman–Crippen MR) is 95.9 cm³/mol. The molecular weight excluding hydrogens is 324 g/mol. The number of halogens is 1. The molecule has 3 rings (SSSR count). The van der Waals surface area contributed by atoms with Crippen LogP contribution in [0.2, 0.25) is 5.02 Å². The highest BCUT2D eigenvalue weighted by Crippen LogP contribution is 2.16. The molecule has 0 saturated carbocycles. The number of anilines is 3. The summed E-state index contributed by atoms with van der Waals surface area (Å²) in [6.07, 6.45) is 0. The summed E-state index contributed by atoms with van der Waals surface area (Å²) in [5.74, 6) is 0.246. The minimum Gasteiger partial charge on any atom is -0.339 e. The van der Waals surface area contributed by atoms with Gasteiger partial charge in [-0.15, -0.1) is 10.2 Å². The number of aryl methyl sites for hydroxylation is 1. The van der Waals surface area contributed by atoms with E-state index in [9.17, 15) is 4.79 Å². The third kappa shape index (κ3) is 4.08. The van der Waals surface area contributed by atoms with Gasteiger partial charge in [0.05, 0.1) is 0 Å². The molecule has 0 fully saturated rings. The van der Waals surface area contributed by atoms with E-state index in [2.05, 4.69) is 20.8 Å². The number of carbonyl (C=O) groups excluding carboxylic acids is 1. The second-order valence-electron chi connectivity index (χ2n) is 5.26. The van der Waals surface area contributed by atoms with Crippen LogP contribution in [-0.4, -0.2) is 16.1 Å². The first-order valence-corrected chi connectivity index (χ1v) is 7.72. The number of hydrogen-bond acceptors (Lipinski definition) is 4. The molecule has 0 bridgehead atoms. The fourth-order valence-corrected chi connectivity index (χ4v) is 2.25. The second-order valence-corrected chi connectivity index (χ2v) is 5.70. The number of rotatable bonds is 4. The Morgan fingerprint density at radius 1 is 0.958 bits per heavy atom. The van der Waals surface area contributed by atoms with Crippen molar-refractivity contribution in [2.45, 2.75) is 6.92 Å². The largest absolute Gasteiger partial charge is 0.339 e. The Morgan fingerprint density at radius 3 is 2.42 bits per heavy atom. The van der Waals surface area contributed by atoms with Gasteiger partial charge in [0.1, 0.15) is 0 Å². The van der Waals surface area contributed by atoms with Crippen molar-refractivity contribution >= 4 is 34.7 Å². The fraction of sp³-hybridized carbons (Fsp3) is 0.0556. The molecule has 1 amide bonds. The molecule has 0 spiro atoms. The topological polar surface area (TPSA) is 66.9 Å². The minimum atomic E-state index is -0.327. The maximum Gasteiger partial charge on any atom is 0.276 e. The molecule has 6 heteroatoms. The lowest BCUT2D eigenvalue weighted by atomic mass is 10.2. The number of benzene rings is 2. The number of nitrogens with zero attached hydrogens (tertiary/aromatic N) is 2. The Bertz CT molecular complexity index is 848. The van der Waals surface area contributed by atoms with Crippen molar-refractivity contribution in [3.8, 4) is 0 Å². The van der Waals surface area contributed by atoms with Crippen LogP contribution in [0.25, 0.3) is 0 Å². The van der Waals surface area contributed by atoms with Crippen LogP contribution in [0, 0.1) is 6.92 Å². The van der Waals surface area contributed by atoms with Crippen LogP contribution in [0.15, 0.2) is 60.7 Å². The zero-order valence-electron chi connectivity index (χ0n) is 13.0. The number of aromatic nitrogens is 2. The Morgan fingerprint density at radius 2 is 1.75 bits per heavy atom. The van der Waals surface area contributed by atoms with E-state index in [4.69, 9.17) is 11.6 Å². The van der Waals surface area contributed by atoms with Crippen LogP contribution < -0.4 is 10.6 Å². The molecule has 0 aliphatic rings. The molecule has 2 N–H and O–H groups in total. The van der Waals surface area contributed by atoms with E-state index in [1.807, 2.05) is 31.2 Å². The Balaban J connectivity index is 1.67. The number of amides is 1. The first-order valence-electron chi connectivity index (χ1n) is 7.34. The molecule has 0 atom stereocenters. The SMILES string of the molecule is Cc1cccc(Nc2ccc(C(=O)Nc3ccc(Cl)cc3)nn2)c1. The minimum absolute atomic E-state index is 0.236. The summed E-state index contributed by atoms with van der Waals surface area (Å²) in [6, 6.07) is 18.1. The van der Waals surface area contributed by atoms with Crippen molar-refractivity contribution in [2.75, 3.05) is 10.6 Å². The van der Waals surface area contributed by atoms with Gasteiger partial charge in [-0.05, 0) is 61.0 Å². The van der Waals surface area contributed by atoms with Crippen LogP contribution in [0.1, 0.15) is 16.1 Å². The molecule has 5 nitrogen and oxygen atoms in total. The normalized spacial score (nSPS) is 10.2. The van der Waals surface area contributed by atoms with Gasteiger partial charge in [0, 0.05) is 16.4 Å². The van der Waals surface area contributed by atoms with Gasteiger partial charge in [-0.3, -0.25) is 4.79 Å². The lowest BCUT2D eigenvalue weighted by molar-refractivity contribution is 0.102. The Hall–Kier alpha value is -2.92. The predicted octanol–water partition coefficient (Wildman–Crippen LogP) is 4.43. The zero-order chi connectivity index (χ0) is 16.9. The maximum atomic E-state index is 12.1. The van der Waals surface area contributed by atoms with Gasteiger partial charge >= 0.3 is 0 Å². The number of nitrogens with one attached hydrogen (secondary N) is 2. The lowest BCUT2D eigenvalue weighted by Gasteiger charge is -2.07. The van der Waals surface area contributed by atoms with Gasteiger partial charge in [-0.1, -0.05) is 23.7 Å². The molecule has 0 saturated heterocycles. The molecule has 120 valence electrons. The molecule has 2 aromatic carbocycles. The highest BCUT2D eigenvalue weighted by molar-refractivity contribution is 6.30. The molecule has 0 aliphatic carbocycles. The summed E-state index contributed by atoms with van der Waals surface area (Å²) in [6.45, 7) is 2.01. The Labute approximate surface area is 144 Å². The van der Waals surface area contributed by atoms with Gasteiger partial charge in [-0.25, -0.2) is 0 Å². The number of hydrogen-bond donors (Lipinski definition) is 2. The Kier molecular flexibility index (Phi) is 4.72. The molecular formula is C18H15ClN4O. The van der Waals surface area contributed by atoms with Gasteiger partial charge in [0.2, 0.25) is 0 Å². The van der Waals surface area contributed by atoms with Gasteiger partial charge in [0.15, 0.2) is 11.5 Å². The van der Waals surface area contributed by atoms with Crippen LogP contribution in [0.5, 0.6) is 0 Å². The first-order chi connectivity index (χ1) is 11.6. The van der Waals surface area contributed by atoms with Crippen LogP contribution in [0.3, 0.4) is 0 Å². The highest BCUT2D eigenvalue weighted by atomic mass is 35.5. The van der Waals surface area contributed by atoms with Crippen LogP contribution in [0.4, 0.5) is 17.2 Å². The van der Waals surface area contributed by atoms with Gasteiger partial charge in [0.25, 0.3) is 5.91 Å². The third-order valence-corrected chi connectivity index (χ3v) is 3.54. The standard InChI is InChI=1S/C18H15ClN4O/c1-12-3-2-4-15(11-12)20-17-10-9-16(22-23-17)18(24)21-14-7-5-13(19)6-8-14/h2-11H,1H3,(H,20,23)(H,21,24). The molecule has 0 aliphatic heterocycles. The quantitative estimate of drug-likeness (QED) is 0.738. The molecule has 0 radical (unpaired) electrons. The van der Waals surface area contributed by atoms with E-state index >= 15 is 0 Å². The molecule has 24 heavy (non-hydrogen) atoms. The summed E-state index contributed by atoms with van der Waals surface area (Å²) in [4.78, 5) is 12.1. The van der Waals surface area contributed by atoms with Crippen molar-refractivity contribution in [2.24, 2.45) is 0 Å². The van der Waals surface area contributed by atoms with E-state index in [1.165, 1.54) is 0 Å². The van der Waals surface area contributed by atoms with Crippen molar-refractivity contribution in [1.29, 1.82) is 0 Å². The smallest absolute Gasteiger partial charge is 0.276 e. The summed E-state index contributed by atoms with van der Waals surface area (Å²) in [7, 11) is 0. The lowest BCUT2D eigenvalue weighted by Crippen LogP contribution is -2.14. The summed E-state index contributed by atoms with van der Waals surface area (Å²) >= 11 is 5.82. The van der Waals surface area contributed by atoms with Gasteiger partial charge in [-0.2, -0.15) is 0 Å². The van der Waals surface area contributed by atoms with Gasteiger partial charge < -0.3 is 10.6 Å². The third-order valence-electron chi connectivity index (χ3n) is 3.29. The molecule has 3 aromatic rings. The van der Waals surface area contributed by atoms with E-state index in [1.54, 1.807) is 36.4 Å². The van der Waals surface area contributed by atoms with Crippen molar-refractivity contribution in [3.05, 3.63) is 76.9 Å². The van der Waals surface area contributed by atoms with Crippen molar-refractivity contribution in [1.82, 2.24) is 10.2 Å². The van der Waals surface area contributed by atoms with E-state index < -0.39 is 0 Å². The molecule has 0 unspecified atom stereocenters. The summed E-state index contributed by atoms with van der Waals surface area (Å²) in [5.41, 5.74) is 2.95. The highest BCUT2D eigenvalue weighted by Gasteiger charge is 2.09. The average molecular weight is 339 g/mol. The van der Waals surface area contributed by atoms with E-state index in [0.29, 0.717) is 16.5 Å². The van der Waals surface area contributed by atoms with E-state index in [-0.39, 0.29) is 11.6 Å². The number of carbonyl (C=O) groups is 1. The summed E-state index contributed by atoms with van der Waals surface area (Å²) in [5, 5.41) is 14.5. The average Bonchev–Trinajstić information content (AvgIpc) is 2.57. The van der Waals surface area contributed by atoms with Crippen molar-refractivity contribution in [3.63, 3.8) is 0 Å².